The Bertz CT molecular complexity index is 916. The Morgan fingerprint density at radius 2 is 2.00 bits per heavy atom. The Balaban J connectivity index is 0.000000223. The predicted molar refractivity (Wildman–Crippen MR) is 95.0 cm³/mol. The molecule has 0 amide bonds. The molecular weight excluding hydrogens is 383 g/mol. The van der Waals surface area contributed by atoms with Crippen molar-refractivity contribution in [3.05, 3.63) is 59.1 Å². The van der Waals surface area contributed by atoms with E-state index in [-0.39, 0.29) is 10.8 Å². The van der Waals surface area contributed by atoms with Crippen LogP contribution in [0.4, 0.5) is 29.7 Å². The average Bonchev–Trinajstić information content (AvgIpc) is 3.05. The van der Waals surface area contributed by atoms with Gasteiger partial charge < -0.3 is 16.2 Å². The number of carboxylic acid groups (broad SMARTS) is 1. The van der Waals surface area contributed by atoms with Gasteiger partial charge in [-0.05, 0) is 31.2 Å². The number of thiazole rings is 1. The standard InChI is InChI=1S/C12H11N3O2.C4H3F3N2S/c1-8-4-5-10(11(14-8)12(16)17)15-9-3-2-6-13-7-9;5-4(6,7)2-1-10-3(8)9-2/h2-7,15H,1H3,(H,16,17);1H,(H2,8,9). The number of hydrogen-bond donors (Lipinski definition) is 3. The monoisotopic (exact) mass is 397 g/mol. The van der Waals surface area contributed by atoms with E-state index in [1.54, 1.807) is 43.6 Å². The third kappa shape index (κ3) is 5.92. The van der Waals surface area contributed by atoms with E-state index in [1.807, 2.05) is 0 Å². The first-order valence-electron chi connectivity index (χ1n) is 7.33. The summed E-state index contributed by atoms with van der Waals surface area (Å²) in [4.78, 5) is 22.0. The van der Waals surface area contributed by atoms with Gasteiger partial charge >= 0.3 is 12.1 Å². The maximum absolute atomic E-state index is 11.7. The van der Waals surface area contributed by atoms with E-state index in [9.17, 15) is 18.0 Å². The highest BCUT2D eigenvalue weighted by atomic mass is 32.1. The van der Waals surface area contributed by atoms with Gasteiger partial charge in [-0.15, -0.1) is 11.3 Å². The molecule has 0 aliphatic heterocycles. The molecule has 0 spiro atoms. The number of alkyl halides is 3. The molecule has 3 aromatic rings. The van der Waals surface area contributed by atoms with Gasteiger partial charge in [0.25, 0.3) is 0 Å². The van der Waals surface area contributed by atoms with Crippen molar-refractivity contribution in [2.75, 3.05) is 11.1 Å². The second kappa shape index (κ2) is 8.45. The average molecular weight is 397 g/mol. The predicted octanol–water partition coefficient (Wildman–Crippen LogP) is 3.97. The number of nitrogens with two attached hydrogens (primary N) is 1. The van der Waals surface area contributed by atoms with Crippen LogP contribution >= 0.6 is 11.3 Å². The van der Waals surface area contributed by atoms with Crippen LogP contribution in [0.2, 0.25) is 0 Å². The number of pyridine rings is 2. The fourth-order valence-electron chi connectivity index (χ4n) is 1.83. The first-order chi connectivity index (χ1) is 12.7. The van der Waals surface area contributed by atoms with Gasteiger partial charge in [-0.3, -0.25) is 4.98 Å². The molecule has 3 heterocycles. The van der Waals surface area contributed by atoms with Gasteiger partial charge in [0, 0.05) is 17.3 Å². The summed E-state index contributed by atoms with van der Waals surface area (Å²) in [5.74, 6) is -1.06. The number of aromatic nitrogens is 3. The summed E-state index contributed by atoms with van der Waals surface area (Å²) in [6.45, 7) is 1.75. The van der Waals surface area contributed by atoms with Crippen LogP contribution < -0.4 is 11.1 Å². The maximum Gasteiger partial charge on any atom is 0.434 e. The Hall–Kier alpha value is -3.21. The number of nitrogens with one attached hydrogen (secondary N) is 1. The van der Waals surface area contributed by atoms with Crippen molar-refractivity contribution in [3.63, 3.8) is 0 Å². The van der Waals surface area contributed by atoms with Crippen molar-refractivity contribution in [1.82, 2.24) is 15.0 Å². The van der Waals surface area contributed by atoms with Crippen LogP contribution in [0.1, 0.15) is 21.9 Å². The summed E-state index contributed by atoms with van der Waals surface area (Å²) in [6, 6.07) is 7.02. The molecule has 0 aromatic carbocycles. The molecule has 0 aliphatic carbocycles. The number of nitrogens with zero attached hydrogens (tertiary/aromatic N) is 3. The Kier molecular flexibility index (Phi) is 6.29. The van der Waals surface area contributed by atoms with Gasteiger partial charge in [-0.2, -0.15) is 13.2 Å². The van der Waals surface area contributed by atoms with Crippen LogP contribution in [-0.2, 0) is 6.18 Å². The molecule has 0 bridgehead atoms. The largest absolute Gasteiger partial charge is 0.476 e. The van der Waals surface area contributed by atoms with E-state index in [1.165, 1.54) is 0 Å². The molecule has 3 aromatic heterocycles. The minimum atomic E-state index is -4.37. The molecule has 0 atom stereocenters. The molecular formula is C16H14F3N5O2S. The van der Waals surface area contributed by atoms with E-state index in [0.717, 1.165) is 22.4 Å². The van der Waals surface area contributed by atoms with Gasteiger partial charge in [0.2, 0.25) is 0 Å². The first-order valence-corrected chi connectivity index (χ1v) is 8.21. The van der Waals surface area contributed by atoms with Crippen LogP contribution in [0.5, 0.6) is 0 Å². The molecule has 0 fully saturated rings. The van der Waals surface area contributed by atoms with Gasteiger partial charge in [0.05, 0.1) is 17.6 Å². The molecule has 0 unspecified atom stereocenters. The minimum absolute atomic E-state index is 0.00820. The number of rotatable bonds is 3. The number of carboxylic acids is 1. The van der Waals surface area contributed by atoms with Crippen molar-refractivity contribution >= 4 is 33.8 Å². The maximum atomic E-state index is 11.7. The fraction of sp³-hybridized carbons (Fsp3) is 0.125. The SMILES string of the molecule is Cc1ccc(Nc2cccnc2)c(C(=O)O)n1.Nc1nc(C(F)(F)F)cs1. The van der Waals surface area contributed by atoms with Crippen molar-refractivity contribution in [2.45, 2.75) is 13.1 Å². The number of aromatic carboxylic acids is 1. The smallest absolute Gasteiger partial charge is 0.434 e. The molecule has 3 rings (SSSR count). The highest BCUT2D eigenvalue weighted by Gasteiger charge is 2.33. The summed E-state index contributed by atoms with van der Waals surface area (Å²) < 4.78 is 35.1. The van der Waals surface area contributed by atoms with Crippen LogP contribution in [0.25, 0.3) is 0 Å². The molecule has 27 heavy (non-hydrogen) atoms. The van der Waals surface area contributed by atoms with Crippen molar-refractivity contribution in [1.29, 1.82) is 0 Å². The third-order valence-corrected chi connectivity index (χ3v) is 3.66. The van der Waals surface area contributed by atoms with Crippen molar-refractivity contribution in [3.8, 4) is 0 Å². The van der Waals surface area contributed by atoms with Gasteiger partial charge in [-0.1, -0.05) is 0 Å². The van der Waals surface area contributed by atoms with E-state index in [4.69, 9.17) is 10.8 Å². The molecule has 0 saturated carbocycles. The molecule has 0 radical (unpaired) electrons. The molecule has 7 nitrogen and oxygen atoms in total. The summed E-state index contributed by atoms with van der Waals surface area (Å²) in [5.41, 5.74) is 5.91. The van der Waals surface area contributed by atoms with Crippen LogP contribution in [0.15, 0.2) is 42.0 Å². The fourth-order valence-corrected chi connectivity index (χ4v) is 2.40. The van der Waals surface area contributed by atoms with E-state index in [2.05, 4.69) is 20.3 Å². The lowest BCUT2D eigenvalue weighted by Gasteiger charge is -2.08. The van der Waals surface area contributed by atoms with E-state index in [0.29, 0.717) is 11.4 Å². The minimum Gasteiger partial charge on any atom is -0.476 e. The molecule has 11 heteroatoms. The van der Waals surface area contributed by atoms with Gasteiger partial charge in [-0.25, -0.2) is 14.8 Å². The quantitative estimate of drug-likeness (QED) is 0.613. The lowest BCUT2D eigenvalue weighted by atomic mass is 10.2. The number of anilines is 3. The second-order valence-electron chi connectivity index (χ2n) is 5.09. The van der Waals surface area contributed by atoms with Gasteiger partial charge in [0.15, 0.2) is 16.5 Å². The van der Waals surface area contributed by atoms with Crippen molar-refractivity contribution < 1.29 is 23.1 Å². The number of halogens is 3. The highest BCUT2D eigenvalue weighted by molar-refractivity contribution is 7.13. The highest BCUT2D eigenvalue weighted by Crippen LogP contribution is 2.30. The Labute approximate surface area is 155 Å². The Morgan fingerprint density at radius 3 is 2.48 bits per heavy atom. The van der Waals surface area contributed by atoms with Gasteiger partial charge in [0.1, 0.15) is 0 Å². The van der Waals surface area contributed by atoms with E-state index >= 15 is 0 Å². The number of aryl methyl sites for hydroxylation is 1. The topological polar surface area (TPSA) is 114 Å². The molecule has 142 valence electrons. The number of nitrogen functional groups attached to an aromatic ring is 1. The summed E-state index contributed by atoms with van der Waals surface area (Å²) >= 11 is 0.778. The number of hydrogen-bond acceptors (Lipinski definition) is 7. The number of carbonyl (C=O) groups is 1. The zero-order chi connectivity index (χ0) is 20.0. The summed E-state index contributed by atoms with van der Waals surface area (Å²) in [5, 5.41) is 12.8. The van der Waals surface area contributed by atoms with Crippen LogP contribution in [0, 0.1) is 6.92 Å². The Morgan fingerprint density at radius 1 is 1.26 bits per heavy atom. The van der Waals surface area contributed by atoms with Crippen LogP contribution in [0.3, 0.4) is 0 Å². The zero-order valence-corrected chi connectivity index (χ0v) is 14.7. The molecule has 0 aliphatic rings. The summed E-state index contributed by atoms with van der Waals surface area (Å²) in [6.07, 6.45) is -1.10. The van der Waals surface area contributed by atoms with Crippen molar-refractivity contribution in [2.24, 2.45) is 0 Å². The lowest BCUT2D eigenvalue weighted by molar-refractivity contribution is -0.140. The second-order valence-corrected chi connectivity index (χ2v) is 5.98. The normalized spacial score (nSPS) is 10.7. The van der Waals surface area contributed by atoms with Crippen LogP contribution in [-0.4, -0.2) is 26.0 Å². The molecule has 4 N–H and O–H groups in total. The summed E-state index contributed by atoms with van der Waals surface area (Å²) in [7, 11) is 0. The molecule has 0 saturated heterocycles. The first kappa shape index (κ1) is 20.1. The van der Waals surface area contributed by atoms with E-state index < -0.39 is 17.8 Å². The zero-order valence-electron chi connectivity index (χ0n) is 13.9. The lowest BCUT2D eigenvalue weighted by Crippen LogP contribution is -2.06. The third-order valence-electron chi connectivity index (χ3n) is 2.99.